The van der Waals surface area contributed by atoms with Gasteiger partial charge in [-0.3, -0.25) is 10.1 Å². The number of hydrogen-bond donors (Lipinski definition) is 0. The maximum atomic E-state index is 11.4. The number of nitro benzene ring substituents is 1. The molecule has 2 fully saturated rings. The second kappa shape index (κ2) is 7.62. The zero-order valence-corrected chi connectivity index (χ0v) is 15.3. The summed E-state index contributed by atoms with van der Waals surface area (Å²) in [6, 6.07) is 11.4. The molecule has 1 heterocycles. The SMILES string of the molecule is O=[N+]([O-])c1ccc(N2CCCCN2CC2CCCCC2)c2ccccc12. The van der Waals surface area contributed by atoms with Gasteiger partial charge in [0.1, 0.15) is 0 Å². The number of hydrazine groups is 1. The predicted octanol–water partition coefficient (Wildman–Crippen LogP) is 5.15. The molecule has 1 aliphatic heterocycles. The van der Waals surface area contributed by atoms with Crippen LogP contribution in [0.15, 0.2) is 36.4 Å². The second-order valence-electron chi connectivity index (χ2n) is 7.65. The smallest absolute Gasteiger partial charge is 0.277 e. The molecule has 0 bridgehead atoms. The van der Waals surface area contributed by atoms with Crippen molar-refractivity contribution < 1.29 is 4.92 Å². The summed E-state index contributed by atoms with van der Waals surface area (Å²) >= 11 is 0. The Morgan fingerprint density at radius 3 is 2.42 bits per heavy atom. The average molecular weight is 353 g/mol. The van der Waals surface area contributed by atoms with Crippen molar-refractivity contribution >= 4 is 22.1 Å². The second-order valence-corrected chi connectivity index (χ2v) is 7.65. The molecule has 0 atom stereocenters. The van der Waals surface area contributed by atoms with Gasteiger partial charge < -0.3 is 5.01 Å². The highest BCUT2D eigenvalue weighted by Gasteiger charge is 2.26. The molecule has 0 amide bonds. The number of nitro groups is 1. The van der Waals surface area contributed by atoms with Gasteiger partial charge in [0.15, 0.2) is 0 Å². The molecule has 2 aromatic rings. The summed E-state index contributed by atoms with van der Waals surface area (Å²) in [7, 11) is 0. The lowest BCUT2D eigenvalue weighted by Crippen LogP contribution is -2.49. The maximum absolute atomic E-state index is 11.4. The van der Waals surface area contributed by atoms with Crippen LogP contribution in [0.4, 0.5) is 11.4 Å². The highest BCUT2D eigenvalue weighted by Crippen LogP contribution is 2.36. The first-order valence-electron chi connectivity index (χ1n) is 9.92. The predicted molar refractivity (Wildman–Crippen MR) is 105 cm³/mol. The largest absolute Gasteiger partial charge is 0.305 e. The highest BCUT2D eigenvalue weighted by molar-refractivity contribution is 5.99. The number of fused-ring (bicyclic) bond motifs is 1. The first kappa shape index (κ1) is 17.3. The molecule has 4 rings (SSSR count). The molecular weight excluding hydrogens is 326 g/mol. The van der Waals surface area contributed by atoms with Crippen LogP contribution >= 0.6 is 0 Å². The van der Waals surface area contributed by atoms with Crippen LogP contribution in [-0.2, 0) is 0 Å². The topological polar surface area (TPSA) is 49.6 Å². The Balaban J connectivity index is 1.68. The summed E-state index contributed by atoms with van der Waals surface area (Å²) in [5.41, 5.74) is 1.31. The van der Waals surface area contributed by atoms with Gasteiger partial charge in [-0.25, -0.2) is 5.01 Å². The number of benzene rings is 2. The zero-order valence-electron chi connectivity index (χ0n) is 15.3. The highest BCUT2D eigenvalue weighted by atomic mass is 16.6. The van der Waals surface area contributed by atoms with E-state index in [1.165, 1.54) is 44.9 Å². The van der Waals surface area contributed by atoms with Crippen molar-refractivity contribution in [3.8, 4) is 0 Å². The van der Waals surface area contributed by atoms with Crippen molar-refractivity contribution in [2.45, 2.75) is 44.9 Å². The van der Waals surface area contributed by atoms with E-state index in [0.29, 0.717) is 0 Å². The third kappa shape index (κ3) is 3.40. The molecule has 1 aliphatic carbocycles. The lowest BCUT2D eigenvalue weighted by molar-refractivity contribution is -0.383. The van der Waals surface area contributed by atoms with Gasteiger partial charge in [0, 0.05) is 31.1 Å². The Labute approximate surface area is 154 Å². The normalized spacial score (nSPS) is 19.8. The van der Waals surface area contributed by atoms with E-state index >= 15 is 0 Å². The van der Waals surface area contributed by atoms with Crippen molar-refractivity contribution in [2.24, 2.45) is 5.92 Å². The lowest BCUT2D eigenvalue weighted by atomic mass is 9.89. The Morgan fingerprint density at radius 1 is 0.923 bits per heavy atom. The van der Waals surface area contributed by atoms with Crippen molar-refractivity contribution in [1.29, 1.82) is 0 Å². The van der Waals surface area contributed by atoms with Gasteiger partial charge in [0.25, 0.3) is 5.69 Å². The van der Waals surface area contributed by atoms with Gasteiger partial charge in [0.05, 0.1) is 16.0 Å². The summed E-state index contributed by atoms with van der Waals surface area (Å²) in [4.78, 5) is 11.1. The van der Waals surface area contributed by atoms with Gasteiger partial charge >= 0.3 is 0 Å². The third-order valence-electron chi connectivity index (χ3n) is 5.92. The van der Waals surface area contributed by atoms with E-state index in [0.717, 1.165) is 42.0 Å². The summed E-state index contributed by atoms with van der Waals surface area (Å²) in [6.45, 7) is 3.20. The van der Waals surface area contributed by atoms with E-state index in [1.54, 1.807) is 6.07 Å². The van der Waals surface area contributed by atoms with Crippen LogP contribution in [0.3, 0.4) is 0 Å². The summed E-state index contributed by atoms with van der Waals surface area (Å²) in [5, 5.41) is 18.0. The molecule has 0 N–H and O–H groups in total. The van der Waals surface area contributed by atoms with Gasteiger partial charge in [-0.2, -0.15) is 0 Å². The summed E-state index contributed by atoms with van der Waals surface area (Å²) in [6.07, 6.45) is 9.18. The molecule has 0 unspecified atom stereocenters. The van der Waals surface area contributed by atoms with Crippen molar-refractivity contribution in [2.75, 3.05) is 24.6 Å². The first-order chi connectivity index (χ1) is 12.7. The van der Waals surface area contributed by atoms with Crippen LogP contribution in [0.5, 0.6) is 0 Å². The molecule has 2 aromatic carbocycles. The molecule has 5 heteroatoms. The van der Waals surface area contributed by atoms with E-state index < -0.39 is 0 Å². The van der Waals surface area contributed by atoms with E-state index in [9.17, 15) is 10.1 Å². The van der Waals surface area contributed by atoms with Crippen molar-refractivity contribution in [3.63, 3.8) is 0 Å². The van der Waals surface area contributed by atoms with Crippen LogP contribution in [0.2, 0.25) is 0 Å². The van der Waals surface area contributed by atoms with Crippen molar-refractivity contribution in [3.05, 3.63) is 46.5 Å². The standard InChI is InChI=1S/C21H27N3O2/c25-24(26)21-13-12-20(18-10-4-5-11-19(18)21)23-15-7-6-14-22(23)16-17-8-2-1-3-9-17/h4-5,10-13,17H,1-3,6-9,14-16H2. The molecule has 0 spiro atoms. The van der Waals surface area contributed by atoms with Crippen LogP contribution in [-0.4, -0.2) is 29.6 Å². The Kier molecular flexibility index (Phi) is 5.07. The van der Waals surface area contributed by atoms with Crippen LogP contribution in [0.1, 0.15) is 44.9 Å². The van der Waals surface area contributed by atoms with Crippen LogP contribution < -0.4 is 5.01 Å². The molecule has 1 saturated heterocycles. The number of nitrogens with zero attached hydrogens (tertiary/aromatic N) is 3. The third-order valence-corrected chi connectivity index (χ3v) is 5.92. The molecule has 0 radical (unpaired) electrons. The quantitative estimate of drug-likeness (QED) is 0.564. The Morgan fingerprint density at radius 2 is 1.65 bits per heavy atom. The Hall–Kier alpha value is -2.14. The number of non-ortho nitro benzene ring substituents is 1. The first-order valence-corrected chi connectivity index (χ1v) is 9.92. The maximum Gasteiger partial charge on any atom is 0.277 e. The fraction of sp³-hybridized carbons (Fsp3) is 0.524. The molecule has 138 valence electrons. The van der Waals surface area contributed by atoms with E-state index in [-0.39, 0.29) is 10.6 Å². The zero-order chi connectivity index (χ0) is 17.9. The van der Waals surface area contributed by atoms with Crippen molar-refractivity contribution in [1.82, 2.24) is 5.01 Å². The fourth-order valence-electron chi connectivity index (χ4n) is 4.60. The molecule has 2 aliphatic rings. The van der Waals surface area contributed by atoms with Crippen LogP contribution in [0.25, 0.3) is 10.8 Å². The van der Waals surface area contributed by atoms with Gasteiger partial charge in [-0.05, 0) is 43.7 Å². The Bertz CT molecular complexity index is 786. The summed E-state index contributed by atoms with van der Waals surface area (Å²) < 4.78 is 0. The minimum atomic E-state index is -0.276. The molecule has 0 aromatic heterocycles. The number of anilines is 1. The monoisotopic (exact) mass is 353 g/mol. The van der Waals surface area contributed by atoms with Gasteiger partial charge in [-0.1, -0.05) is 37.5 Å². The lowest BCUT2D eigenvalue weighted by Gasteiger charge is -2.43. The van der Waals surface area contributed by atoms with E-state index in [2.05, 4.69) is 10.0 Å². The van der Waals surface area contributed by atoms with Gasteiger partial charge in [-0.15, -0.1) is 0 Å². The van der Waals surface area contributed by atoms with E-state index in [1.807, 2.05) is 30.3 Å². The molecule has 26 heavy (non-hydrogen) atoms. The summed E-state index contributed by atoms with van der Waals surface area (Å²) in [5.74, 6) is 0.786. The average Bonchev–Trinajstić information content (AvgIpc) is 2.68. The van der Waals surface area contributed by atoms with Crippen LogP contribution in [0, 0.1) is 16.0 Å². The molecular formula is C21H27N3O2. The fourth-order valence-corrected chi connectivity index (χ4v) is 4.60. The molecule has 1 saturated carbocycles. The minimum absolute atomic E-state index is 0.195. The number of rotatable bonds is 4. The minimum Gasteiger partial charge on any atom is -0.305 e. The van der Waals surface area contributed by atoms with E-state index in [4.69, 9.17) is 0 Å². The molecule has 5 nitrogen and oxygen atoms in total. The number of hydrogen-bond acceptors (Lipinski definition) is 4. The van der Waals surface area contributed by atoms with Gasteiger partial charge in [0.2, 0.25) is 0 Å².